The van der Waals surface area contributed by atoms with Crippen molar-refractivity contribution in [1.29, 1.82) is 0 Å². The van der Waals surface area contributed by atoms with Gasteiger partial charge in [0.25, 0.3) is 0 Å². The van der Waals surface area contributed by atoms with Gasteiger partial charge in [0.15, 0.2) is 0 Å². The summed E-state index contributed by atoms with van der Waals surface area (Å²) in [6, 6.07) is 13.5. The van der Waals surface area contributed by atoms with Gasteiger partial charge in [0.1, 0.15) is 0 Å². The quantitative estimate of drug-likeness (QED) is 0.823. The van der Waals surface area contributed by atoms with Crippen molar-refractivity contribution in [2.45, 2.75) is 71.1 Å². The maximum absolute atomic E-state index is 11.3. The summed E-state index contributed by atoms with van der Waals surface area (Å²) >= 11 is 0. The molecule has 138 valence electrons. The Balaban J connectivity index is 1.60. The first-order valence-corrected chi connectivity index (χ1v) is 10.3. The van der Waals surface area contributed by atoms with Gasteiger partial charge < -0.3 is 5.11 Å². The van der Waals surface area contributed by atoms with Crippen molar-refractivity contribution in [3.8, 4) is 0 Å². The Morgan fingerprint density at radius 1 is 0.923 bits per heavy atom. The number of fused-ring (bicyclic) bond motifs is 2. The number of aliphatic hydroxyl groups excluding tert-OH is 1. The maximum Gasteiger partial charge on any atom is 0.0922 e. The lowest BCUT2D eigenvalue weighted by atomic mass is 9.90. The summed E-state index contributed by atoms with van der Waals surface area (Å²) in [5.74, 6) is 0. The van der Waals surface area contributed by atoms with E-state index < -0.39 is 0 Å². The van der Waals surface area contributed by atoms with Gasteiger partial charge in [-0.3, -0.25) is 4.90 Å². The van der Waals surface area contributed by atoms with Crippen LogP contribution in [-0.2, 0) is 32.2 Å². The number of hydrogen-bond donors (Lipinski definition) is 1. The largest absolute Gasteiger partial charge is 0.387 e. The van der Waals surface area contributed by atoms with Crippen molar-refractivity contribution in [2.75, 3.05) is 6.54 Å². The second kappa shape index (κ2) is 7.54. The fourth-order valence-corrected chi connectivity index (χ4v) is 4.85. The van der Waals surface area contributed by atoms with Crippen LogP contribution in [0, 0.1) is 0 Å². The van der Waals surface area contributed by atoms with Crippen LogP contribution in [0.4, 0.5) is 0 Å². The average Bonchev–Trinajstić information content (AvgIpc) is 3.28. The molecule has 0 amide bonds. The Morgan fingerprint density at radius 2 is 1.54 bits per heavy atom. The van der Waals surface area contributed by atoms with Gasteiger partial charge in [-0.15, -0.1) is 0 Å². The molecule has 0 heterocycles. The van der Waals surface area contributed by atoms with E-state index in [2.05, 4.69) is 55.1 Å². The highest BCUT2D eigenvalue weighted by molar-refractivity contribution is 5.51. The summed E-state index contributed by atoms with van der Waals surface area (Å²) in [7, 11) is 0. The van der Waals surface area contributed by atoms with Crippen LogP contribution in [-0.4, -0.2) is 22.6 Å². The number of benzene rings is 2. The van der Waals surface area contributed by atoms with Crippen molar-refractivity contribution < 1.29 is 5.11 Å². The molecule has 0 radical (unpaired) electrons. The summed E-state index contributed by atoms with van der Waals surface area (Å²) in [6.07, 6.45) is 6.80. The lowest BCUT2D eigenvalue weighted by Crippen LogP contribution is -2.34. The Kier molecular flexibility index (Phi) is 5.15. The molecular weight excluding hydrogens is 318 g/mol. The zero-order chi connectivity index (χ0) is 18.1. The molecule has 2 aromatic rings. The first-order chi connectivity index (χ1) is 12.6. The van der Waals surface area contributed by atoms with Crippen LogP contribution in [0.3, 0.4) is 0 Å². The van der Waals surface area contributed by atoms with E-state index in [9.17, 15) is 5.11 Å². The van der Waals surface area contributed by atoms with E-state index in [0.29, 0.717) is 6.04 Å². The topological polar surface area (TPSA) is 23.5 Å². The molecule has 0 unspecified atom stereocenters. The molecule has 0 saturated carbocycles. The summed E-state index contributed by atoms with van der Waals surface area (Å²) < 4.78 is 0. The van der Waals surface area contributed by atoms with Crippen LogP contribution in [0.25, 0.3) is 0 Å². The van der Waals surface area contributed by atoms with Crippen molar-refractivity contribution >= 4 is 0 Å². The van der Waals surface area contributed by atoms with Crippen molar-refractivity contribution in [3.05, 3.63) is 69.8 Å². The molecule has 2 nitrogen and oxygen atoms in total. The Bertz CT molecular complexity index is 733. The van der Waals surface area contributed by atoms with E-state index in [-0.39, 0.29) is 6.10 Å². The molecule has 0 fully saturated rings. The van der Waals surface area contributed by atoms with Crippen LogP contribution in [0.15, 0.2) is 36.4 Å². The van der Waals surface area contributed by atoms with Crippen molar-refractivity contribution in [2.24, 2.45) is 0 Å². The maximum atomic E-state index is 11.3. The summed E-state index contributed by atoms with van der Waals surface area (Å²) in [4.78, 5) is 2.41. The predicted octanol–water partition coefficient (Wildman–Crippen LogP) is 4.61. The second-order valence-electron chi connectivity index (χ2n) is 8.30. The first kappa shape index (κ1) is 17.8. The minimum Gasteiger partial charge on any atom is -0.387 e. The highest BCUT2D eigenvalue weighted by atomic mass is 16.3. The SMILES string of the molecule is CC(C)N(Cc1ccccc1)C[C@@H](O)c1c2c(cc3c1CCC3)CCC2. The minimum atomic E-state index is -0.374. The molecule has 0 saturated heterocycles. The van der Waals surface area contributed by atoms with Gasteiger partial charge in [-0.05, 0) is 85.8 Å². The van der Waals surface area contributed by atoms with Crippen LogP contribution in [0.1, 0.15) is 66.2 Å². The smallest absolute Gasteiger partial charge is 0.0922 e. The number of aryl methyl sites for hydroxylation is 2. The summed E-state index contributed by atoms with van der Waals surface area (Å²) in [6.45, 7) is 6.08. The van der Waals surface area contributed by atoms with Gasteiger partial charge in [0.2, 0.25) is 0 Å². The van der Waals surface area contributed by atoms with Crippen molar-refractivity contribution in [3.63, 3.8) is 0 Å². The van der Waals surface area contributed by atoms with E-state index in [0.717, 1.165) is 25.9 Å². The van der Waals surface area contributed by atoms with Gasteiger partial charge in [-0.1, -0.05) is 36.4 Å². The van der Waals surface area contributed by atoms with E-state index >= 15 is 0 Å². The molecule has 1 atom stereocenters. The molecule has 26 heavy (non-hydrogen) atoms. The van der Waals surface area contributed by atoms with Crippen LogP contribution < -0.4 is 0 Å². The van der Waals surface area contributed by atoms with Crippen LogP contribution in [0.5, 0.6) is 0 Å². The van der Waals surface area contributed by atoms with Gasteiger partial charge in [-0.25, -0.2) is 0 Å². The van der Waals surface area contributed by atoms with Gasteiger partial charge >= 0.3 is 0 Å². The van der Waals surface area contributed by atoms with Gasteiger partial charge in [-0.2, -0.15) is 0 Å². The Morgan fingerprint density at radius 3 is 2.12 bits per heavy atom. The standard InChI is InChI=1S/C24H31NO/c1-17(2)25(15-18-8-4-3-5-9-18)16-23(26)24-21-12-6-10-19(21)14-20-11-7-13-22(20)24/h3-5,8-9,14,17,23,26H,6-7,10-13,15-16H2,1-2H3/t23-/m1/s1. The number of rotatable bonds is 6. The normalized spacial score (nSPS) is 17.0. The molecule has 0 aromatic heterocycles. The Hall–Kier alpha value is -1.64. The average molecular weight is 350 g/mol. The van der Waals surface area contributed by atoms with E-state index in [1.165, 1.54) is 59.1 Å². The molecule has 4 rings (SSSR count). The van der Waals surface area contributed by atoms with Crippen LogP contribution >= 0.6 is 0 Å². The molecule has 2 aliphatic carbocycles. The minimum absolute atomic E-state index is 0.374. The zero-order valence-electron chi connectivity index (χ0n) is 16.2. The lowest BCUT2D eigenvalue weighted by molar-refractivity contribution is 0.0897. The number of aliphatic hydroxyl groups is 1. The predicted molar refractivity (Wildman–Crippen MR) is 107 cm³/mol. The molecule has 0 spiro atoms. The molecule has 1 N–H and O–H groups in total. The lowest BCUT2D eigenvalue weighted by Gasteiger charge is -2.30. The first-order valence-electron chi connectivity index (χ1n) is 10.3. The molecule has 2 aliphatic rings. The fourth-order valence-electron chi connectivity index (χ4n) is 4.85. The number of hydrogen-bond acceptors (Lipinski definition) is 2. The van der Waals surface area contributed by atoms with Gasteiger partial charge in [0, 0.05) is 19.1 Å². The van der Waals surface area contributed by atoms with Crippen LogP contribution in [0.2, 0.25) is 0 Å². The van der Waals surface area contributed by atoms with E-state index in [1.54, 1.807) is 0 Å². The Labute approximate surface area is 157 Å². The fraction of sp³-hybridized carbons (Fsp3) is 0.500. The molecule has 0 aliphatic heterocycles. The van der Waals surface area contributed by atoms with E-state index in [1.807, 2.05) is 0 Å². The molecule has 0 bridgehead atoms. The number of nitrogens with zero attached hydrogens (tertiary/aromatic N) is 1. The zero-order valence-corrected chi connectivity index (χ0v) is 16.2. The molecule has 2 heteroatoms. The van der Waals surface area contributed by atoms with E-state index in [4.69, 9.17) is 0 Å². The van der Waals surface area contributed by atoms with Gasteiger partial charge in [0.05, 0.1) is 6.10 Å². The summed E-state index contributed by atoms with van der Waals surface area (Å²) in [5, 5.41) is 11.3. The second-order valence-corrected chi connectivity index (χ2v) is 8.30. The third kappa shape index (κ3) is 3.45. The third-order valence-electron chi connectivity index (χ3n) is 6.22. The summed E-state index contributed by atoms with van der Waals surface area (Å²) in [5.41, 5.74) is 8.59. The molecular formula is C24H31NO. The van der Waals surface area contributed by atoms with Crippen molar-refractivity contribution in [1.82, 2.24) is 4.90 Å². The highest BCUT2D eigenvalue weighted by Crippen LogP contribution is 2.38. The third-order valence-corrected chi connectivity index (χ3v) is 6.22. The highest BCUT2D eigenvalue weighted by Gasteiger charge is 2.28. The molecule has 2 aromatic carbocycles. The monoisotopic (exact) mass is 349 g/mol.